The smallest absolute Gasteiger partial charge is 0.263 e. The van der Waals surface area contributed by atoms with Crippen LogP contribution >= 0.6 is 0 Å². The van der Waals surface area contributed by atoms with E-state index in [0.29, 0.717) is 13.2 Å². The van der Waals surface area contributed by atoms with E-state index in [9.17, 15) is 9.59 Å². The molecule has 4 heterocycles. The van der Waals surface area contributed by atoms with Gasteiger partial charge in [0.15, 0.2) is 0 Å². The van der Waals surface area contributed by atoms with E-state index in [1.807, 2.05) is 13.2 Å². The topological polar surface area (TPSA) is 96.4 Å². The lowest BCUT2D eigenvalue weighted by Crippen LogP contribution is -2.53. The maximum atomic E-state index is 13.2. The second-order valence-corrected chi connectivity index (χ2v) is 7.46. The van der Waals surface area contributed by atoms with Crippen molar-refractivity contribution in [1.82, 2.24) is 29.5 Å². The van der Waals surface area contributed by atoms with Gasteiger partial charge >= 0.3 is 0 Å². The number of ether oxygens (including phenoxy) is 1. The maximum absolute atomic E-state index is 13.2. The third kappa shape index (κ3) is 3.85. The quantitative estimate of drug-likeness (QED) is 0.825. The van der Waals surface area contributed by atoms with Crippen LogP contribution in [0.25, 0.3) is 0 Å². The highest BCUT2D eigenvalue weighted by molar-refractivity contribution is 5.94. The number of rotatable bonds is 4. The highest BCUT2D eigenvalue weighted by Gasteiger charge is 2.39. The molecule has 1 N–H and O–H groups in total. The Kier molecular flexibility index (Phi) is 5.54. The zero-order valence-electron chi connectivity index (χ0n) is 16.1. The monoisotopic (exact) mass is 386 g/mol. The van der Waals surface area contributed by atoms with Gasteiger partial charge in [-0.2, -0.15) is 5.10 Å². The lowest BCUT2D eigenvalue weighted by molar-refractivity contribution is -0.0742. The van der Waals surface area contributed by atoms with Crippen molar-refractivity contribution in [1.29, 1.82) is 0 Å². The van der Waals surface area contributed by atoms with Gasteiger partial charge in [-0.05, 0) is 25.9 Å². The molecule has 0 unspecified atom stereocenters. The molecule has 2 saturated heterocycles. The van der Waals surface area contributed by atoms with E-state index in [1.165, 1.54) is 31.8 Å². The molecule has 4 rings (SSSR count). The van der Waals surface area contributed by atoms with Gasteiger partial charge in [-0.1, -0.05) is 6.42 Å². The number of hydrogen-bond acceptors (Lipinski definition) is 6. The average molecular weight is 386 g/mol. The molecule has 9 heteroatoms. The molecular weight excluding hydrogens is 360 g/mol. The van der Waals surface area contributed by atoms with Crippen LogP contribution in [0.3, 0.4) is 0 Å². The SMILES string of the molecule is Cn1cc([C@H]2[C@H](CN3CCCCC3)OCCN2C(=O)c2cnc[nH]c2=O)cn1. The summed E-state index contributed by atoms with van der Waals surface area (Å²) in [6.45, 7) is 3.72. The van der Waals surface area contributed by atoms with Crippen molar-refractivity contribution in [2.75, 3.05) is 32.8 Å². The van der Waals surface area contributed by atoms with Gasteiger partial charge in [0.1, 0.15) is 5.56 Å². The van der Waals surface area contributed by atoms with E-state index in [0.717, 1.165) is 25.2 Å². The summed E-state index contributed by atoms with van der Waals surface area (Å²) in [4.78, 5) is 35.9. The Morgan fingerprint density at radius 3 is 2.79 bits per heavy atom. The minimum absolute atomic E-state index is 0.0509. The first kappa shape index (κ1) is 18.8. The summed E-state index contributed by atoms with van der Waals surface area (Å²) in [5, 5.41) is 4.29. The lowest BCUT2D eigenvalue weighted by atomic mass is 9.98. The maximum Gasteiger partial charge on any atom is 0.263 e. The van der Waals surface area contributed by atoms with Crippen LogP contribution in [0, 0.1) is 0 Å². The van der Waals surface area contributed by atoms with E-state index < -0.39 is 5.56 Å². The Labute approximate surface area is 163 Å². The van der Waals surface area contributed by atoms with Crippen LogP contribution in [0.1, 0.15) is 41.2 Å². The van der Waals surface area contributed by atoms with Crippen LogP contribution < -0.4 is 5.56 Å². The Morgan fingerprint density at radius 1 is 1.25 bits per heavy atom. The Balaban J connectivity index is 1.64. The molecule has 1 amide bonds. The summed E-state index contributed by atoms with van der Waals surface area (Å²) in [6.07, 6.45) is 9.79. The number of likely N-dealkylation sites (tertiary alicyclic amines) is 1. The van der Waals surface area contributed by atoms with Crippen LogP contribution in [-0.4, -0.2) is 74.3 Å². The van der Waals surface area contributed by atoms with Crippen molar-refractivity contribution >= 4 is 5.91 Å². The minimum Gasteiger partial charge on any atom is -0.373 e. The molecule has 9 nitrogen and oxygen atoms in total. The molecule has 2 atom stereocenters. The van der Waals surface area contributed by atoms with E-state index in [4.69, 9.17) is 4.74 Å². The van der Waals surface area contributed by atoms with E-state index in [-0.39, 0.29) is 23.6 Å². The first-order chi connectivity index (χ1) is 13.6. The highest BCUT2D eigenvalue weighted by Crippen LogP contribution is 2.31. The standard InChI is InChI=1S/C19H26N6O3/c1-23-11-14(9-22-23)17-16(12-24-5-3-2-4-6-24)28-8-7-25(17)19(27)15-10-20-13-21-18(15)26/h9-11,13,16-17H,2-8,12H2,1H3,(H,20,21,26)/t16-,17-/m0/s1. The number of piperidine rings is 1. The number of aromatic amines is 1. The number of morpholine rings is 1. The molecule has 2 aromatic rings. The van der Waals surface area contributed by atoms with Crippen LogP contribution in [0.2, 0.25) is 0 Å². The number of nitrogens with one attached hydrogen (secondary N) is 1. The van der Waals surface area contributed by atoms with Crippen molar-refractivity contribution in [2.24, 2.45) is 7.05 Å². The number of aromatic nitrogens is 4. The van der Waals surface area contributed by atoms with Crippen molar-refractivity contribution in [3.05, 3.63) is 46.4 Å². The van der Waals surface area contributed by atoms with Gasteiger partial charge < -0.3 is 19.5 Å². The summed E-state index contributed by atoms with van der Waals surface area (Å²) in [5.74, 6) is -0.324. The van der Waals surface area contributed by atoms with Crippen molar-refractivity contribution in [3.63, 3.8) is 0 Å². The summed E-state index contributed by atoms with van der Waals surface area (Å²) >= 11 is 0. The molecule has 0 bridgehead atoms. The molecule has 0 aromatic carbocycles. The van der Waals surface area contributed by atoms with Gasteiger partial charge in [-0.15, -0.1) is 0 Å². The number of carbonyl (C=O) groups is 1. The molecule has 0 saturated carbocycles. The number of hydrogen-bond donors (Lipinski definition) is 1. The molecule has 2 aliphatic rings. The minimum atomic E-state index is -0.427. The summed E-state index contributed by atoms with van der Waals surface area (Å²) in [5.41, 5.74) is 0.539. The number of amides is 1. The third-order valence-electron chi connectivity index (χ3n) is 5.51. The van der Waals surface area contributed by atoms with Gasteiger partial charge in [-0.25, -0.2) is 4.98 Å². The van der Waals surface area contributed by atoms with Gasteiger partial charge in [0.25, 0.3) is 11.5 Å². The number of nitrogens with zero attached hydrogens (tertiary/aromatic N) is 5. The normalized spacial score (nSPS) is 23.7. The van der Waals surface area contributed by atoms with Crippen LogP contribution in [0.4, 0.5) is 0 Å². The van der Waals surface area contributed by atoms with Crippen molar-refractivity contribution in [3.8, 4) is 0 Å². The van der Waals surface area contributed by atoms with E-state index in [1.54, 1.807) is 15.8 Å². The van der Waals surface area contributed by atoms with Gasteiger partial charge in [-0.3, -0.25) is 14.3 Å². The Bertz CT molecular complexity index is 872. The third-order valence-corrected chi connectivity index (χ3v) is 5.51. The van der Waals surface area contributed by atoms with E-state index >= 15 is 0 Å². The Morgan fingerprint density at radius 2 is 2.07 bits per heavy atom. The fourth-order valence-electron chi connectivity index (χ4n) is 4.15. The molecule has 0 radical (unpaired) electrons. The molecule has 0 spiro atoms. The predicted molar refractivity (Wildman–Crippen MR) is 102 cm³/mol. The van der Waals surface area contributed by atoms with Crippen molar-refractivity contribution in [2.45, 2.75) is 31.4 Å². The van der Waals surface area contributed by atoms with Crippen LogP contribution in [0.5, 0.6) is 0 Å². The lowest BCUT2D eigenvalue weighted by Gasteiger charge is -2.43. The molecule has 150 valence electrons. The van der Waals surface area contributed by atoms with Crippen molar-refractivity contribution < 1.29 is 9.53 Å². The average Bonchev–Trinajstić information content (AvgIpc) is 3.14. The fourth-order valence-corrected chi connectivity index (χ4v) is 4.15. The molecule has 2 fully saturated rings. The molecule has 0 aliphatic carbocycles. The highest BCUT2D eigenvalue weighted by atomic mass is 16.5. The first-order valence-electron chi connectivity index (χ1n) is 9.79. The molecular formula is C19H26N6O3. The first-order valence-corrected chi connectivity index (χ1v) is 9.79. The summed E-state index contributed by atoms with van der Waals surface area (Å²) < 4.78 is 7.85. The molecule has 2 aliphatic heterocycles. The van der Waals surface area contributed by atoms with E-state index in [2.05, 4.69) is 20.0 Å². The van der Waals surface area contributed by atoms with Crippen LogP contribution in [-0.2, 0) is 11.8 Å². The second kappa shape index (κ2) is 8.24. The van der Waals surface area contributed by atoms with Crippen LogP contribution in [0.15, 0.2) is 29.7 Å². The number of H-pyrrole nitrogens is 1. The Hall–Kier alpha value is -2.52. The predicted octanol–water partition coefficient (Wildman–Crippen LogP) is 0.572. The number of aryl methyl sites for hydroxylation is 1. The largest absolute Gasteiger partial charge is 0.373 e. The van der Waals surface area contributed by atoms with Gasteiger partial charge in [0, 0.05) is 38.1 Å². The van der Waals surface area contributed by atoms with Gasteiger partial charge in [0.05, 0.1) is 31.3 Å². The molecule has 2 aromatic heterocycles. The molecule has 28 heavy (non-hydrogen) atoms. The number of carbonyl (C=O) groups excluding carboxylic acids is 1. The summed E-state index contributed by atoms with van der Waals surface area (Å²) in [6, 6.07) is -0.295. The zero-order valence-corrected chi connectivity index (χ0v) is 16.1. The second-order valence-electron chi connectivity index (χ2n) is 7.46. The summed E-state index contributed by atoms with van der Waals surface area (Å²) in [7, 11) is 1.85. The van der Waals surface area contributed by atoms with Gasteiger partial charge in [0.2, 0.25) is 0 Å². The fraction of sp³-hybridized carbons (Fsp3) is 0.579. The zero-order chi connectivity index (χ0) is 19.5.